The smallest absolute Gasteiger partial charge is 0.331 e. The molecule has 134 valence electrons. The molecule has 0 saturated heterocycles. The van der Waals surface area contributed by atoms with E-state index in [1.54, 1.807) is 6.07 Å². The molecule has 0 saturated carbocycles. The number of carboxylic acids is 1. The molecule has 1 aromatic carbocycles. The number of aromatic nitrogens is 1. The van der Waals surface area contributed by atoms with E-state index in [2.05, 4.69) is 10.5 Å². The van der Waals surface area contributed by atoms with Crippen LogP contribution in [0.1, 0.15) is 23.2 Å². The van der Waals surface area contributed by atoms with Gasteiger partial charge in [0.1, 0.15) is 6.61 Å². The van der Waals surface area contributed by atoms with Crippen molar-refractivity contribution in [2.45, 2.75) is 19.1 Å². The Bertz CT molecular complexity index is 763. The van der Waals surface area contributed by atoms with E-state index in [1.165, 1.54) is 38.3 Å². The Balaban J connectivity index is 2.01. The number of nitrogens with one attached hydrogen (secondary N) is 1. The van der Waals surface area contributed by atoms with Gasteiger partial charge in [0.2, 0.25) is 0 Å². The van der Waals surface area contributed by atoms with Crippen molar-refractivity contribution in [2.75, 3.05) is 13.7 Å². The van der Waals surface area contributed by atoms with Gasteiger partial charge in [-0.3, -0.25) is 4.79 Å². The van der Waals surface area contributed by atoms with Gasteiger partial charge in [-0.05, 0) is 19.1 Å². The van der Waals surface area contributed by atoms with E-state index in [0.717, 1.165) is 0 Å². The maximum absolute atomic E-state index is 13.5. The summed E-state index contributed by atoms with van der Waals surface area (Å²) in [5.41, 5.74) is -1.75. The zero-order valence-corrected chi connectivity index (χ0v) is 13.6. The first-order valence-electron chi connectivity index (χ1n) is 7.23. The van der Waals surface area contributed by atoms with E-state index < -0.39 is 23.2 Å². The fourth-order valence-corrected chi connectivity index (χ4v) is 1.95. The van der Waals surface area contributed by atoms with Crippen LogP contribution in [0.2, 0.25) is 0 Å². The zero-order chi connectivity index (χ0) is 18.4. The number of carboxylic acid groups (broad SMARTS) is 1. The van der Waals surface area contributed by atoms with Crippen LogP contribution in [0, 0.1) is 5.82 Å². The standard InChI is InChI=1S/C16H17FN2O6/c1-16(9-23-2,15(21)22)18-14(20)12-7-10(25-19-12)8-24-13-6-4-3-5-11(13)17/h3-7H,8-9H2,1-2H3,(H,18,20)(H,21,22). The van der Waals surface area contributed by atoms with Crippen molar-refractivity contribution in [1.29, 1.82) is 0 Å². The van der Waals surface area contributed by atoms with Crippen LogP contribution < -0.4 is 10.1 Å². The summed E-state index contributed by atoms with van der Waals surface area (Å²) in [5.74, 6) is -2.32. The van der Waals surface area contributed by atoms with Crippen molar-refractivity contribution in [2.24, 2.45) is 0 Å². The SMILES string of the molecule is COCC(C)(NC(=O)c1cc(COc2ccccc2F)on1)C(=O)O. The third kappa shape index (κ3) is 4.54. The van der Waals surface area contributed by atoms with Gasteiger partial charge in [-0.25, -0.2) is 9.18 Å². The molecule has 1 amide bonds. The van der Waals surface area contributed by atoms with Crippen molar-refractivity contribution in [3.05, 3.63) is 47.6 Å². The second-order valence-electron chi connectivity index (χ2n) is 5.42. The van der Waals surface area contributed by atoms with Gasteiger partial charge < -0.3 is 24.4 Å². The van der Waals surface area contributed by atoms with Gasteiger partial charge in [-0.15, -0.1) is 0 Å². The summed E-state index contributed by atoms with van der Waals surface area (Å²) < 4.78 is 28.5. The van der Waals surface area contributed by atoms with Crippen LogP contribution in [0.25, 0.3) is 0 Å². The fraction of sp³-hybridized carbons (Fsp3) is 0.312. The first-order chi connectivity index (χ1) is 11.9. The molecular formula is C16H17FN2O6. The molecule has 0 bridgehead atoms. The fourth-order valence-electron chi connectivity index (χ4n) is 1.95. The van der Waals surface area contributed by atoms with Crippen LogP contribution in [0.3, 0.4) is 0 Å². The number of carbonyl (C=O) groups is 2. The second-order valence-corrected chi connectivity index (χ2v) is 5.42. The summed E-state index contributed by atoms with van der Waals surface area (Å²) >= 11 is 0. The van der Waals surface area contributed by atoms with Gasteiger partial charge in [-0.2, -0.15) is 0 Å². The topological polar surface area (TPSA) is 111 Å². The maximum atomic E-state index is 13.5. The lowest BCUT2D eigenvalue weighted by atomic mass is 10.0. The van der Waals surface area contributed by atoms with E-state index in [4.69, 9.17) is 14.0 Å². The molecular weight excluding hydrogens is 335 g/mol. The van der Waals surface area contributed by atoms with Crippen LogP contribution in [0.4, 0.5) is 4.39 Å². The average molecular weight is 352 g/mol. The normalized spacial score (nSPS) is 13.1. The molecule has 2 N–H and O–H groups in total. The molecule has 1 heterocycles. The van der Waals surface area contributed by atoms with Gasteiger partial charge in [0.15, 0.2) is 28.6 Å². The summed E-state index contributed by atoms with van der Waals surface area (Å²) in [6.45, 7) is 0.934. The highest BCUT2D eigenvalue weighted by atomic mass is 19.1. The minimum Gasteiger partial charge on any atom is -0.482 e. The molecule has 0 aliphatic carbocycles. The average Bonchev–Trinajstić information content (AvgIpc) is 3.03. The van der Waals surface area contributed by atoms with Crippen LogP contribution in [-0.2, 0) is 16.1 Å². The molecule has 0 aliphatic rings. The molecule has 0 aliphatic heterocycles. The van der Waals surface area contributed by atoms with Gasteiger partial charge >= 0.3 is 5.97 Å². The Labute approximate surface area is 142 Å². The minimum atomic E-state index is -1.62. The molecule has 25 heavy (non-hydrogen) atoms. The summed E-state index contributed by atoms with van der Waals surface area (Å²) in [7, 11) is 1.32. The van der Waals surface area contributed by atoms with Crippen LogP contribution in [0.5, 0.6) is 5.75 Å². The highest BCUT2D eigenvalue weighted by molar-refractivity contribution is 5.96. The number of aliphatic carboxylic acids is 1. The summed E-state index contributed by atoms with van der Waals surface area (Å²) in [6.07, 6.45) is 0. The highest BCUT2D eigenvalue weighted by Gasteiger charge is 2.36. The Kier molecular flexibility index (Phi) is 5.71. The summed E-state index contributed by atoms with van der Waals surface area (Å²) in [6, 6.07) is 7.11. The number of hydrogen-bond donors (Lipinski definition) is 2. The third-order valence-corrected chi connectivity index (χ3v) is 3.29. The Morgan fingerprint density at radius 3 is 2.76 bits per heavy atom. The lowest BCUT2D eigenvalue weighted by Gasteiger charge is -2.24. The maximum Gasteiger partial charge on any atom is 0.331 e. The van der Waals surface area contributed by atoms with Crippen LogP contribution in [0.15, 0.2) is 34.9 Å². The monoisotopic (exact) mass is 352 g/mol. The highest BCUT2D eigenvalue weighted by Crippen LogP contribution is 2.17. The summed E-state index contributed by atoms with van der Waals surface area (Å²) in [5, 5.41) is 15.1. The first kappa shape index (κ1) is 18.4. The number of carbonyl (C=O) groups excluding carboxylic acids is 1. The van der Waals surface area contributed by atoms with Crippen molar-refractivity contribution in [1.82, 2.24) is 10.5 Å². The van der Waals surface area contributed by atoms with Crippen LogP contribution >= 0.6 is 0 Å². The largest absolute Gasteiger partial charge is 0.482 e. The van der Waals surface area contributed by atoms with Crippen molar-refractivity contribution in [3.63, 3.8) is 0 Å². The Morgan fingerprint density at radius 1 is 1.40 bits per heavy atom. The lowest BCUT2D eigenvalue weighted by molar-refractivity contribution is -0.145. The van der Waals surface area contributed by atoms with Gasteiger partial charge in [-0.1, -0.05) is 17.3 Å². The third-order valence-electron chi connectivity index (χ3n) is 3.29. The molecule has 2 rings (SSSR count). The molecule has 1 unspecified atom stereocenters. The van der Waals surface area contributed by atoms with Gasteiger partial charge in [0.25, 0.3) is 5.91 Å². The van der Waals surface area contributed by atoms with Gasteiger partial charge in [0, 0.05) is 13.2 Å². The lowest BCUT2D eigenvalue weighted by Crippen LogP contribution is -2.55. The molecule has 1 aromatic heterocycles. The predicted octanol–water partition coefficient (Wildman–Crippen LogP) is 1.61. The van der Waals surface area contributed by atoms with E-state index >= 15 is 0 Å². The van der Waals surface area contributed by atoms with Crippen molar-refractivity contribution >= 4 is 11.9 Å². The van der Waals surface area contributed by atoms with Gasteiger partial charge in [0.05, 0.1) is 6.61 Å². The van der Waals surface area contributed by atoms with E-state index in [1.807, 2.05) is 0 Å². The number of ether oxygens (including phenoxy) is 2. The molecule has 8 nitrogen and oxygen atoms in total. The molecule has 9 heteroatoms. The Hall–Kier alpha value is -2.94. The Morgan fingerprint density at radius 2 is 2.12 bits per heavy atom. The molecule has 2 aromatic rings. The first-order valence-corrected chi connectivity index (χ1v) is 7.23. The predicted molar refractivity (Wildman–Crippen MR) is 82.6 cm³/mol. The number of para-hydroxylation sites is 1. The number of amides is 1. The minimum absolute atomic E-state index is 0.0310. The van der Waals surface area contributed by atoms with E-state index in [-0.39, 0.29) is 30.4 Å². The van der Waals surface area contributed by atoms with Crippen LogP contribution in [-0.4, -0.2) is 41.4 Å². The number of halogens is 1. The molecule has 0 fully saturated rings. The van der Waals surface area contributed by atoms with E-state index in [9.17, 15) is 19.1 Å². The zero-order valence-electron chi connectivity index (χ0n) is 13.6. The second kappa shape index (κ2) is 7.75. The van der Waals surface area contributed by atoms with Crippen molar-refractivity contribution < 1.29 is 33.1 Å². The quantitative estimate of drug-likeness (QED) is 0.742. The number of hydrogen-bond acceptors (Lipinski definition) is 6. The van der Waals surface area contributed by atoms with E-state index in [0.29, 0.717) is 0 Å². The number of rotatable bonds is 8. The molecule has 0 radical (unpaired) electrons. The van der Waals surface area contributed by atoms with Crippen molar-refractivity contribution in [3.8, 4) is 5.75 Å². The number of nitrogens with zero attached hydrogens (tertiary/aromatic N) is 1. The molecule has 0 spiro atoms. The number of methoxy groups -OCH3 is 1. The number of benzene rings is 1. The summed E-state index contributed by atoms with van der Waals surface area (Å²) in [4.78, 5) is 23.4. The molecule has 1 atom stereocenters.